The van der Waals surface area contributed by atoms with E-state index >= 15 is 0 Å². The first-order valence-electron chi connectivity index (χ1n) is 10.4. The molecule has 0 bridgehead atoms. The monoisotopic (exact) mass is 406 g/mol. The van der Waals surface area contributed by atoms with Crippen LogP contribution in [0.3, 0.4) is 0 Å². The molecule has 156 valence electrons. The van der Waals surface area contributed by atoms with Gasteiger partial charge in [0.1, 0.15) is 17.8 Å². The van der Waals surface area contributed by atoms with Crippen LogP contribution in [0.4, 0.5) is 17.2 Å². The van der Waals surface area contributed by atoms with Gasteiger partial charge >= 0.3 is 0 Å². The molecule has 0 atom stereocenters. The minimum Gasteiger partial charge on any atom is -0.380 e. The van der Waals surface area contributed by atoms with Gasteiger partial charge in [-0.1, -0.05) is 30.3 Å². The van der Waals surface area contributed by atoms with Gasteiger partial charge in [-0.05, 0) is 44.5 Å². The number of hydrogen-bond donors (Lipinski definition) is 2. The van der Waals surface area contributed by atoms with E-state index in [9.17, 15) is 10.1 Å². The average molecular weight is 406 g/mol. The largest absolute Gasteiger partial charge is 0.380 e. The Morgan fingerprint density at radius 2 is 1.97 bits per heavy atom. The highest BCUT2D eigenvalue weighted by molar-refractivity contribution is 5.95. The van der Waals surface area contributed by atoms with Crippen LogP contribution in [-0.2, 0) is 6.54 Å². The molecule has 2 heterocycles. The second-order valence-electron chi connectivity index (χ2n) is 7.47. The Labute approximate surface area is 175 Å². The van der Waals surface area contributed by atoms with E-state index in [-0.39, 0.29) is 10.6 Å². The van der Waals surface area contributed by atoms with Crippen LogP contribution in [0.5, 0.6) is 0 Å². The Balaban J connectivity index is 1.83. The minimum atomic E-state index is -0.347. The van der Waals surface area contributed by atoms with Crippen molar-refractivity contribution in [1.82, 2.24) is 15.3 Å². The molecule has 4 rings (SSSR count). The lowest BCUT2D eigenvalue weighted by atomic mass is 10.0. The van der Waals surface area contributed by atoms with Crippen molar-refractivity contribution in [2.75, 3.05) is 29.9 Å². The number of nitrogens with zero attached hydrogens (tertiary/aromatic N) is 4. The van der Waals surface area contributed by atoms with Crippen molar-refractivity contribution in [3.63, 3.8) is 0 Å². The van der Waals surface area contributed by atoms with Gasteiger partial charge in [-0.2, -0.15) is 0 Å². The highest BCUT2D eigenvalue weighted by Gasteiger charge is 2.26. The molecule has 3 aromatic rings. The first-order chi connectivity index (χ1) is 14.7. The number of nitrogens with one attached hydrogen (secondary N) is 2. The van der Waals surface area contributed by atoms with Crippen molar-refractivity contribution in [2.45, 2.75) is 32.4 Å². The summed E-state index contributed by atoms with van der Waals surface area (Å²) in [5.74, 6) is 0.752. The third-order valence-electron chi connectivity index (χ3n) is 5.51. The Bertz CT molecular complexity index is 1020. The molecule has 2 N–H and O–H groups in total. The van der Waals surface area contributed by atoms with Crippen LogP contribution in [0, 0.1) is 10.1 Å². The molecule has 30 heavy (non-hydrogen) atoms. The SMILES string of the molecule is CCNc1cc2ncnc(N(Cc3ccccc3)C3CCNCC3)c2cc1[N+](=O)[O-]. The van der Waals surface area contributed by atoms with E-state index in [0.717, 1.165) is 31.7 Å². The number of aromatic nitrogens is 2. The molecular formula is C22H26N6O2. The summed E-state index contributed by atoms with van der Waals surface area (Å²) in [6.07, 6.45) is 3.55. The van der Waals surface area contributed by atoms with E-state index in [4.69, 9.17) is 0 Å². The molecule has 1 aromatic heterocycles. The van der Waals surface area contributed by atoms with Crippen LogP contribution >= 0.6 is 0 Å². The maximum atomic E-state index is 11.7. The lowest BCUT2D eigenvalue weighted by Crippen LogP contribution is -2.43. The fraction of sp³-hybridized carbons (Fsp3) is 0.364. The quantitative estimate of drug-likeness (QED) is 0.456. The zero-order chi connectivity index (χ0) is 20.9. The number of nitro groups is 1. The van der Waals surface area contributed by atoms with E-state index in [0.29, 0.717) is 35.7 Å². The number of piperidine rings is 1. The van der Waals surface area contributed by atoms with Gasteiger partial charge < -0.3 is 15.5 Å². The van der Waals surface area contributed by atoms with Gasteiger partial charge in [0.2, 0.25) is 0 Å². The summed E-state index contributed by atoms with van der Waals surface area (Å²) in [5.41, 5.74) is 2.41. The molecule has 0 spiro atoms. The lowest BCUT2D eigenvalue weighted by molar-refractivity contribution is -0.383. The molecule has 0 saturated carbocycles. The van der Waals surface area contributed by atoms with Crippen molar-refractivity contribution >= 4 is 28.1 Å². The van der Waals surface area contributed by atoms with Gasteiger partial charge in [0.05, 0.1) is 10.4 Å². The number of fused-ring (bicyclic) bond motifs is 1. The molecule has 1 aliphatic heterocycles. The zero-order valence-electron chi connectivity index (χ0n) is 17.0. The van der Waals surface area contributed by atoms with Crippen molar-refractivity contribution in [1.29, 1.82) is 0 Å². The van der Waals surface area contributed by atoms with E-state index in [1.165, 1.54) is 5.56 Å². The molecule has 0 aliphatic carbocycles. The van der Waals surface area contributed by atoms with Crippen LogP contribution in [0.1, 0.15) is 25.3 Å². The number of rotatable bonds is 7. The van der Waals surface area contributed by atoms with Crippen molar-refractivity contribution in [3.05, 3.63) is 64.5 Å². The fourth-order valence-electron chi connectivity index (χ4n) is 4.07. The fourth-order valence-corrected chi connectivity index (χ4v) is 4.07. The topological polar surface area (TPSA) is 96.2 Å². The van der Waals surface area contributed by atoms with E-state index in [2.05, 4.69) is 37.6 Å². The number of anilines is 2. The molecule has 1 aliphatic rings. The smallest absolute Gasteiger partial charge is 0.293 e. The molecule has 8 heteroatoms. The predicted molar refractivity (Wildman–Crippen MR) is 119 cm³/mol. The van der Waals surface area contributed by atoms with Crippen LogP contribution in [0.2, 0.25) is 0 Å². The van der Waals surface area contributed by atoms with Gasteiger partial charge in [-0.25, -0.2) is 9.97 Å². The van der Waals surface area contributed by atoms with Crippen LogP contribution in [0.25, 0.3) is 10.9 Å². The summed E-state index contributed by atoms with van der Waals surface area (Å²) < 4.78 is 0. The lowest BCUT2D eigenvalue weighted by Gasteiger charge is -2.36. The number of hydrogen-bond acceptors (Lipinski definition) is 7. The van der Waals surface area contributed by atoms with Crippen LogP contribution in [-0.4, -0.2) is 40.6 Å². The van der Waals surface area contributed by atoms with Gasteiger partial charge in [-0.15, -0.1) is 0 Å². The summed E-state index contributed by atoms with van der Waals surface area (Å²) in [6, 6.07) is 13.9. The molecule has 0 radical (unpaired) electrons. The third kappa shape index (κ3) is 4.18. The normalized spacial score (nSPS) is 14.6. The van der Waals surface area contributed by atoms with Crippen molar-refractivity contribution < 1.29 is 4.92 Å². The zero-order valence-corrected chi connectivity index (χ0v) is 17.0. The molecule has 1 fully saturated rings. The molecule has 2 aromatic carbocycles. The Morgan fingerprint density at radius 1 is 1.20 bits per heavy atom. The third-order valence-corrected chi connectivity index (χ3v) is 5.51. The Morgan fingerprint density at radius 3 is 2.67 bits per heavy atom. The summed E-state index contributed by atoms with van der Waals surface area (Å²) in [6.45, 7) is 5.10. The Hall–Kier alpha value is -3.26. The number of benzene rings is 2. The first-order valence-corrected chi connectivity index (χ1v) is 10.4. The van der Waals surface area contributed by atoms with E-state index in [1.54, 1.807) is 18.5 Å². The van der Waals surface area contributed by atoms with Crippen LogP contribution < -0.4 is 15.5 Å². The Kier molecular flexibility index (Phi) is 6.04. The standard InChI is InChI=1S/C22H26N6O2/c1-2-24-20-13-19-18(12-21(20)28(29)30)22(26-15-25-19)27(17-8-10-23-11-9-17)14-16-6-4-3-5-7-16/h3-7,12-13,15,17,23-24H,2,8-11,14H2,1H3. The summed E-state index contributed by atoms with van der Waals surface area (Å²) in [7, 11) is 0. The van der Waals surface area contributed by atoms with E-state index in [1.807, 2.05) is 25.1 Å². The van der Waals surface area contributed by atoms with Gasteiger partial charge in [0.15, 0.2) is 0 Å². The molecular weight excluding hydrogens is 380 g/mol. The molecule has 0 amide bonds. The molecule has 0 unspecified atom stereocenters. The summed E-state index contributed by atoms with van der Waals surface area (Å²) >= 11 is 0. The average Bonchev–Trinajstić information content (AvgIpc) is 2.78. The summed E-state index contributed by atoms with van der Waals surface area (Å²) in [5, 5.41) is 18.9. The minimum absolute atomic E-state index is 0.0466. The van der Waals surface area contributed by atoms with Gasteiger partial charge in [-0.3, -0.25) is 10.1 Å². The van der Waals surface area contributed by atoms with E-state index < -0.39 is 0 Å². The van der Waals surface area contributed by atoms with Gasteiger partial charge in [0, 0.05) is 30.6 Å². The first kappa shape index (κ1) is 20.0. The maximum Gasteiger partial charge on any atom is 0.293 e. The van der Waals surface area contributed by atoms with Gasteiger partial charge in [0.25, 0.3) is 5.69 Å². The van der Waals surface area contributed by atoms with Crippen molar-refractivity contribution in [2.24, 2.45) is 0 Å². The van der Waals surface area contributed by atoms with Crippen LogP contribution in [0.15, 0.2) is 48.8 Å². The second kappa shape index (κ2) is 9.04. The molecule has 1 saturated heterocycles. The summed E-state index contributed by atoms with van der Waals surface area (Å²) in [4.78, 5) is 22.7. The van der Waals surface area contributed by atoms with Crippen molar-refractivity contribution in [3.8, 4) is 0 Å². The number of nitro benzene ring substituents is 1. The second-order valence-corrected chi connectivity index (χ2v) is 7.47. The predicted octanol–water partition coefficient (Wildman–Crippen LogP) is 3.73. The highest BCUT2D eigenvalue weighted by Crippen LogP contribution is 2.35. The molecule has 8 nitrogen and oxygen atoms in total. The maximum absolute atomic E-state index is 11.7. The highest BCUT2D eigenvalue weighted by atomic mass is 16.6.